The minimum absolute atomic E-state index is 0.177. The second-order valence-electron chi connectivity index (χ2n) is 5.09. The van der Waals surface area contributed by atoms with E-state index in [1.54, 1.807) is 12.1 Å². The molecule has 3 unspecified atom stereocenters. The van der Waals surface area contributed by atoms with Gasteiger partial charge >= 0.3 is 0 Å². The molecule has 2 aliphatic carbocycles. The molecule has 0 aliphatic heterocycles. The molecule has 17 heavy (non-hydrogen) atoms. The van der Waals surface area contributed by atoms with Crippen LogP contribution in [-0.2, 0) is 0 Å². The molecule has 88 valence electrons. The van der Waals surface area contributed by atoms with Gasteiger partial charge in [-0.15, -0.1) is 0 Å². The molecule has 1 aromatic rings. The first-order valence-electron chi connectivity index (χ1n) is 6.12. The zero-order chi connectivity index (χ0) is 11.8. The van der Waals surface area contributed by atoms with Crippen molar-refractivity contribution in [3.05, 3.63) is 29.6 Å². The number of nitrogens with zero attached hydrogens (tertiary/aromatic N) is 1. The number of hydrogen-bond acceptors (Lipinski definition) is 2. The summed E-state index contributed by atoms with van der Waals surface area (Å²) in [6.45, 7) is 0. The molecule has 2 aliphatic rings. The predicted octanol–water partition coefficient (Wildman–Crippen LogP) is 3.26. The highest BCUT2D eigenvalue weighted by Gasteiger charge is 2.41. The Labute approximate surface area is 100 Å². The number of ether oxygens (including phenoxy) is 1. The third-order valence-electron chi connectivity index (χ3n) is 4.01. The van der Waals surface area contributed by atoms with Crippen molar-refractivity contribution in [2.24, 2.45) is 11.8 Å². The summed E-state index contributed by atoms with van der Waals surface area (Å²) in [7, 11) is 0. The van der Waals surface area contributed by atoms with Gasteiger partial charge < -0.3 is 4.74 Å². The van der Waals surface area contributed by atoms with Gasteiger partial charge in [0.2, 0.25) is 0 Å². The quantitative estimate of drug-likeness (QED) is 0.782. The largest absolute Gasteiger partial charge is 0.487 e. The lowest BCUT2D eigenvalue weighted by molar-refractivity contribution is 0.132. The number of hydrogen-bond donors (Lipinski definition) is 0. The summed E-state index contributed by atoms with van der Waals surface area (Å²) in [5.41, 5.74) is 0.336. The van der Waals surface area contributed by atoms with E-state index in [2.05, 4.69) is 0 Å². The predicted molar refractivity (Wildman–Crippen MR) is 61.0 cm³/mol. The van der Waals surface area contributed by atoms with Crippen molar-refractivity contribution in [1.29, 1.82) is 5.26 Å². The zero-order valence-electron chi connectivity index (χ0n) is 9.53. The molecule has 2 saturated carbocycles. The van der Waals surface area contributed by atoms with Gasteiger partial charge in [-0.3, -0.25) is 0 Å². The molecule has 2 bridgehead atoms. The highest BCUT2D eigenvalue weighted by atomic mass is 19.1. The molecule has 0 aromatic heterocycles. The zero-order valence-corrected chi connectivity index (χ0v) is 9.53. The van der Waals surface area contributed by atoms with Crippen LogP contribution in [0.1, 0.15) is 31.2 Å². The van der Waals surface area contributed by atoms with Crippen LogP contribution < -0.4 is 4.74 Å². The van der Waals surface area contributed by atoms with Crippen molar-refractivity contribution < 1.29 is 9.13 Å². The second-order valence-corrected chi connectivity index (χ2v) is 5.09. The molecule has 0 saturated heterocycles. The lowest BCUT2D eigenvalue weighted by Crippen LogP contribution is -2.23. The van der Waals surface area contributed by atoms with Crippen molar-refractivity contribution in [1.82, 2.24) is 0 Å². The summed E-state index contributed by atoms with van der Waals surface area (Å²) in [6, 6.07) is 6.33. The average Bonchev–Trinajstić information content (AvgIpc) is 2.93. The number of fused-ring (bicyclic) bond motifs is 2. The van der Waals surface area contributed by atoms with E-state index < -0.39 is 5.82 Å². The maximum Gasteiger partial charge on any atom is 0.166 e. The highest BCUT2D eigenvalue weighted by molar-refractivity contribution is 5.36. The Morgan fingerprint density at radius 2 is 2.18 bits per heavy atom. The van der Waals surface area contributed by atoms with Gasteiger partial charge in [0.15, 0.2) is 11.6 Å². The normalized spacial score (nSPS) is 30.2. The van der Waals surface area contributed by atoms with Crippen molar-refractivity contribution in [2.75, 3.05) is 0 Å². The number of halogens is 1. The Bertz CT molecular complexity index is 480. The molecule has 0 amide bonds. The van der Waals surface area contributed by atoms with Gasteiger partial charge in [-0.25, -0.2) is 4.39 Å². The lowest BCUT2D eigenvalue weighted by Gasteiger charge is -2.23. The van der Waals surface area contributed by atoms with Gasteiger partial charge in [-0.1, -0.05) is 0 Å². The Balaban J connectivity index is 1.75. The van der Waals surface area contributed by atoms with E-state index in [4.69, 9.17) is 10.00 Å². The SMILES string of the molecule is N#Cc1ccc(OC2CC3CCC2C3)c(F)c1. The Hall–Kier alpha value is -1.56. The molecule has 1 aromatic carbocycles. The van der Waals surface area contributed by atoms with Crippen LogP contribution in [0.15, 0.2) is 18.2 Å². The minimum Gasteiger partial charge on any atom is -0.487 e. The molecule has 0 heterocycles. The van der Waals surface area contributed by atoms with Crippen LogP contribution in [0.4, 0.5) is 4.39 Å². The van der Waals surface area contributed by atoms with Gasteiger partial charge in [-0.2, -0.15) is 5.26 Å². The van der Waals surface area contributed by atoms with E-state index in [-0.39, 0.29) is 6.10 Å². The third-order valence-corrected chi connectivity index (χ3v) is 4.01. The van der Waals surface area contributed by atoms with Crippen LogP contribution in [0, 0.1) is 29.0 Å². The maximum atomic E-state index is 13.7. The molecule has 3 atom stereocenters. The second kappa shape index (κ2) is 4.03. The van der Waals surface area contributed by atoms with Crippen molar-refractivity contribution in [3.8, 4) is 11.8 Å². The number of nitriles is 1. The first-order valence-corrected chi connectivity index (χ1v) is 6.12. The average molecular weight is 231 g/mol. The first-order chi connectivity index (χ1) is 8.26. The fourth-order valence-corrected chi connectivity index (χ4v) is 3.16. The summed E-state index contributed by atoms with van der Waals surface area (Å²) in [5.74, 6) is 1.26. The molecule has 2 nitrogen and oxygen atoms in total. The Kier molecular flexibility index (Phi) is 2.51. The van der Waals surface area contributed by atoms with E-state index in [1.165, 1.54) is 25.3 Å². The van der Waals surface area contributed by atoms with Crippen LogP contribution in [-0.4, -0.2) is 6.10 Å². The van der Waals surface area contributed by atoms with Crippen LogP contribution >= 0.6 is 0 Å². The fourth-order valence-electron chi connectivity index (χ4n) is 3.16. The van der Waals surface area contributed by atoms with Gasteiger partial charge in [0.25, 0.3) is 0 Å². The highest BCUT2D eigenvalue weighted by Crippen LogP contribution is 2.46. The van der Waals surface area contributed by atoms with Crippen LogP contribution in [0.5, 0.6) is 5.75 Å². The van der Waals surface area contributed by atoms with Crippen molar-refractivity contribution in [3.63, 3.8) is 0 Å². The maximum absolute atomic E-state index is 13.7. The summed E-state index contributed by atoms with van der Waals surface area (Å²) in [5, 5.41) is 8.67. The Morgan fingerprint density at radius 3 is 2.76 bits per heavy atom. The van der Waals surface area contributed by atoms with E-state index in [1.807, 2.05) is 6.07 Å². The molecule has 0 N–H and O–H groups in total. The minimum atomic E-state index is -0.424. The lowest BCUT2D eigenvalue weighted by atomic mass is 9.98. The summed E-state index contributed by atoms with van der Waals surface area (Å²) in [4.78, 5) is 0. The van der Waals surface area contributed by atoms with Crippen molar-refractivity contribution >= 4 is 0 Å². The van der Waals surface area contributed by atoms with Crippen LogP contribution in [0.2, 0.25) is 0 Å². The molecule has 3 heteroatoms. The summed E-state index contributed by atoms with van der Waals surface area (Å²) >= 11 is 0. The van der Waals surface area contributed by atoms with Crippen LogP contribution in [0.25, 0.3) is 0 Å². The van der Waals surface area contributed by atoms with E-state index >= 15 is 0 Å². The Morgan fingerprint density at radius 1 is 1.29 bits per heavy atom. The molecular weight excluding hydrogens is 217 g/mol. The van der Waals surface area contributed by atoms with Gasteiger partial charge in [-0.05, 0) is 55.7 Å². The van der Waals surface area contributed by atoms with Gasteiger partial charge in [0.1, 0.15) is 6.10 Å². The summed E-state index contributed by atoms with van der Waals surface area (Å²) < 4.78 is 19.4. The molecule has 0 radical (unpaired) electrons. The topological polar surface area (TPSA) is 33.0 Å². The smallest absolute Gasteiger partial charge is 0.166 e. The summed E-state index contributed by atoms with van der Waals surface area (Å²) in [6.07, 6.45) is 5.00. The number of benzene rings is 1. The molecular formula is C14H14FNO. The fraction of sp³-hybridized carbons (Fsp3) is 0.500. The van der Waals surface area contributed by atoms with Gasteiger partial charge in [0.05, 0.1) is 11.6 Å². The van der Waals surface area contributed by atoms with E-state index in [0.717, 1.165) is 12.3 Å². The first kappa shape index (κ1) is 10.6. The third kappa shape index (κ3) is 1.88. The van der Waals surface area contributed by atoms with Crippen LogP contribution in [0.3, 0.4) is 0 Å². The van der Waals surface area contributed by atoms with E-state index in [9.17, 15) is 4.39 Å². The number of rotatable bonds is 2. The molecule has 3 rings (SSSR count). The standard InChI is InChI=1S/C14H14FNO/c15-12-6-10(8-16)2-4-13(12)17-14-7-9-1-3-11(14)5-9/h2,4,6,9,11,14H,1,3,5,7H2. The van der Waals surface area contributed by atoms with Crippen molar-refractivity contribution in [2.45, 2.75) is 31.8 Å². The monoisotopic (exact) mass is 231 g/mol. The van der Waals surface area contributed by atoms with Gasteiger partial charge in [0, 0.05) is 0 Å². The van der Waals surface area contributed by atoms with E-state index in [0.29, 0.717) is 17.2 Å². The molecule has 0 spiro atoms. The molecule has 2 fully saturated rings.